The van der Waals surface area contributed by atoms with Crippen molar-refractivity contribution in [3.05, 3.63) is 12.2 Å². The Kier molecular flexibility index (Phi) is 1.96. The lowest BCUT2D eigenvalue weighted by Crippen LogP contribution is -2.42. The Labute approximate surface area is 92.7 Å². The molecule has 0 spiro atoms. The Morgan fingerprint density at radius 1 is 1.31 bits per heavy atom. The molecule has 3 aliphatic heterocycles. The molecule has 5 unspecified atom stereocenters. The summed E-state index contributed by atoms with van der Waals surface area (Å²) < 4.78 is 5.48. The second kappa shape index (κ2) is 3.15. The molecule has 3 rings (SSSR count). The summed E-state index contributed by atoms with van der Waals surface area (Å²) in [6.45, 7) is 1.74. The lowest BCUT2D eigenvalue weighted by atomic mass is 9.85. The molecule has 2 bridgehead atoms. The van der Waals surface area contributed by atoms with Gasteiger partial charge in [-0.3, -0.25) is 14.5 Å². The standard InChI is InChI=1S/C11H13NO4/c1-2-7(13)12-10(14)8-5-3-4-6(16-5)9(8)11(12)15/h3-9,13H,2H2,1H3. The summed E-state index contributed by atoms with van der Waals surface area (Å²) >= 11 is 0. The van der Waals surface area contributed by atoms with Gasteiger partial charge in [-0.15, -0.1) is 0 Å². The zero-order chi connectivity index (χ0) is 11.4. The minimum atomic E-state index is -0.995. The van der Waals surface area contributed by atoms with E-state index in [1.165, 1.54) is 0 Å². The summed E-state index contributed by atoms with van der Waals surface area (Å²) in [4.78, 5) is 25.0. The van der Waals surface area contributed by atoms with E-state index < -0.39 is 18.1 Å². The number of fused-ring (bicyclic) bond motifs is 5. The molecule has 1 N–H and O–H groups in total. The Balaban J connectivity index is 1.94. The Hall–Kier alpha value is -1.20. The third-order valence-electron chi connectivity index (χ3n) is 3.61. The van der Waals surface area contributed by atoms with Crippen LogP contribution in [-0.2, 0) is 14.3 Å². The Morgan fingerprint density at radius 3 is 2.25 bits per heavy atom. The lowest BCUT2D eigenvalue weighted by Gasteiger charge is -2.22. The highest BCUT2D eigenvalue weighted by molar-refractivity contribution is 6.06. The van der Waals surface area contributed by atoms with Crippen LogP contribution in [0.15, 0.2) is 12.2 Å². The van der Waals surface area contributed by atoms with Crippen molar-refractivity contribution in [3.63, 3.8) is 0 Å². The summed E-state index contributed by atoms with van der Waals surface area (Å²) in [7, 11) is 0. The van der Waals surface area contributed by atoms with Gasteiger partial charge in [0.1, 0.15) is 6.23 Å². The summed E-state index contributed by atoms with van der Waals surface area (Å²) in [6, 6.07) is 0. The van der Waals surface area contributed by atoms with E-state index >= 15 is 0 Å². The van der Waals surface area contributed by atoms with Gasteiger partial charge in [0.25, 0.3) is 0 Å². The third kappa shape index (κ3) is 1.02. The number of carbonyl (C=O) groups is 2. The molecule has 3 aliphatic rings. The molecular formula is C11H13NO4. The fourth-order valence-electron chi connectivity index (χ4n) is 2.80. The van der Waals surface area contributed by atoms with Crippen molar-refractivity contribution in [1.82, 2.24) is 4.90 Å². The normalized spacial score (nSPS) is 42.0. The van der Waals surface area contributed by atoms with Gasteiger partial charge in [-0.05, 0) is 6.42 Å². The number of likely N-dealkylation sites (tertiary alicyclic amines) is 1. The molecule has 0 radical (unpaired) electrons. The van der Waals surface area contributed by atoms with Gasteiger partial charge in [0.15, 0.2) is 0 Å². The second-order valence-corrected chi connectivity index (χ2v) is 4.44. The smallest absolute Gasteiger partial charge is 0.238 e. The van der Waals surface area contributed by atoms with Crippen LogP contribution in [0.2, 0.25) is 0 Å². The molecule has 0 saturated carbocycles. The molecule has 3 heterocycles. The van der Waals surface area contributed by atoms with Gasteiger partial charge < -0.3 is 9.84 Å². The average Bonchev–Trinajstić information content (AvgIpc) is 2.92. The quantitative estimate of drug-likeness (QED) is 0.513. The van der Waals surface area contributed by atoms with Crippen LogP contribution in [0.4, 0.5) is 0 Å². The number of imide groups is 1. The van der Waals surface area contributed by atoms with Crippen LogP contribution < -0.4 is 0 Å². The maximum atomic E-state index is 12.0. The van der Waals surface area contributed by atoms with Gasteiger partial charge >= 0.3 is 0 Å². The fraction of sp³-hybridized carbons (Fsp3) is 0.636. The van der Waals surface area contributed by atoms with E-state index in [0.29, 0.717) is 6.42 Å². The van der Waals surface area contributed by atoms with Crippen LogP contribution in [-0.4, -0.2) is 40.3 Å². The largest absolute Gasteiger partial charge is 0.373 e. The number of amides is 2. The predicted molar refractivity (Wildman–Crippen MR) is 52.9 cm³/mol. The minimum Gasteiger partial charge on any atom is -0.373 e. The minimum absolute atomic E-state index is 0.277. The average molecular weight is 223 g/mol. The number of aliphatic hydroxyl groups is 1. The summed E-state index contributed by atoms with van der Waals surface area (Å²) in [5.41, 5.74) is 0. The van der Waals surface area contributed by atoms with Crippen LogP contribution in [0.1, 0.15) is 13.3 Å². The molecule has 2 amide bonds. The molecule has 5 heteroatoms. The number of hydrogen-bond donors (Lipinski definition) is 1. The highest BCUT2D eigenvalue weighted by Crippen LogP contribution is 2.45. The number of carbonyl (C=O) groups excluding carboxylic acids is 2. The molecule has 2 fully saturated rings. The first-order chi connectivity index (χ1) is 7.65. The molecular weight excluding hydrogens is 210 g/mol. The Morgan fingerprint density at radius 2 is 1.81 bits per heavy atom. The maximum Gasteiger partial charge on any atom is 0.238 e. The van der Waals surface area contributed by atoms with Crippen molar-refractivity contribution < 1.29 is 19.4 Å². The number of rotatable bonds is 2. The highest BCUT2D eigenvalue weighted by Gasteiger charge is 2.61. The maximum absolute atomic E-state index is 12.0. The van der Waals surface area contributed by atoms with Crippen molar-refractivity contribution in [1.29, 1.82) is 0 Å². The van der Waals surface area contributed by atoms with Crippen LogP contribution in [0, 0.1) is 11.8 Å². The first-order valence-electron chi connectivity index (χ1n) is 5.54. The Bertz CT molecular complexity index is 361. The predicted octanol–water partition coefficient (Wildman–Crippen LogP) is -0.347. The highest BCUT2D eigenvalue weighted by atomic mass is 16.5. The van der Waals surface area contributed by atoms with Crippen LogP contribution >= 0.6 is 0 Å². The van der Waals surface area contributed by atoms with Crippen molar-refractivity contribution in [2.75, 3.05) is 0 Å². The molecule has 0 aliphatic carbocycles. The van der Waals surface area contributed by atoms with E-state index in [9.17, 15) is 14.7 Å². The van der Waals surface area contributed by atoms with E-state index in [0.717, 1.165) is 4.90 Å². The SMILES string of the molecule is CCC(O)N1C(=O)C2C3C=CC(O3)C2C1=O. The van der Waals surface area contributed by atoms with E-state index in [2.05, 4.69) is 0 Å². The van der Waals surface area contributed by atoms with Crippen LogP contribution in [0.5, 0.6) is 0 Å². The molecule has 0 aromatic rings. The molecule has 5 atom stereocenters. The van der Waals surface area contributed by atoms with E-state index in [4.69, 9.17) is 4.74 Å². The van der Waals surface area contributed by atoms with Crippen LogP contribution in [0.3, 0.4) is 0 Å². The lowest BCUT2D eigenvalue weighted by molar-refractivity contribution is -0.153. The second-order valence-electron chi connectivity index (χ2n) is 4.44. The van der Waals surface area contributed by atoms with Crippen molar-refractivity contribution in [2.24, 2.45) is 11.8 Å². The van der Waals surface area contributed by atoms with E-state index in [1.54, 1.807) is 6.92 Å². The topological polar surface area (TPSA) is 66.8 Å². The molecule has 5 nitrogen and oxygen atoms in total. The van der Waals surface area contributed by atoms with Gasteiger partial charge in [-0.1, -0.05) is 19.1 Å². The van der Waals surface area contributed by atoms with Gasteiger partial charge in [0.2, 0.25) is 11.8 Å². The molecule has 0 aromatic heterocycles. The number of ether oxygens (including phenoxy) is 1. The van der Waals surface area contributed by atoms with Gasteiger partial charge in [0, 0.05) is 0 Å². The summed E-state index contributed by atoms with van der Waals surface area (Å²) in [5, 5.41) is 9.67. The third-order valence-corrected chi connectivity index (χ3v) is 3.61. The molecule has 16 heavy (non-hydrogen) atoms. The van der Waals surface area contributed by atoms with Crippen molar-refractivity contribution >= 4 is 11.8 Å². The summed E-state index contributed by atoms with van der Waals surface area (Å²) in [5.74, 6) is -1.41. The summed E-state index contributed by atoms with van der Waals surface area (Å²) in [6.07, 6.45) is 2.48. The van der Waals surface area contributed by atoms with E-state index in [-0.39, 0.29) is 24.0 Å². The first kappa shape index (κ1) is 9.99. The zero-order valence-electron chi connectivity index (χ0n) is 8.87. The van der Waals surface area contributed by atoms with E-state index in [1.807, 2.05) is 12.2 Å². The van der Waals surface area contributed by atoms with Gasteiger partial charge in [0.05, 0.1) is 24.0 Å². The van der Waals surface area contributed by atoms with Crippen molar-refractivity contribution in [3.8, 4) is 0 Å². The molecule has 2 saturated heterocycles. The fourth-order valence-corrected chi connectivity index (χ4v) is 2.80. The number of aliphatic hydroxyl groups excluding tert-OH is 1. The first-order valence-corrected chi connectivity index (χ1v) is 5.54. The molecule has 86 valence electrons. The number of nitrogens with zero attached hydrogens (tertiary/aromatic N) is 1. The monoisotopic (exact) mass is 223 g/mol. The van der Waals surface area contributed by atoms with Crippen molar-refractivity contribution in [2.45, 2.75) is 31.8 Å². The zero-order valence-corrected chi connectivity index (χ0v) is 8.87. The van der Waals surface area contributed by atoms with Gasteiger partial charge in [-0.2, -0.15) is 0 Å². The number of hydrogen-bond acceptors (Lipinski definition) is 4. The van der Waals surface area contributed by atoms with Gasteiger partial charge in [-0.25, -0.2) is 0 Å². The molecule has 0 aromatic carbocycles. The van der Waals surface area contributed by atoms with Crippen LogP contribution in [0.25, 0.3) is 0 Å².